The molecule has 0 spiro atoms. The number of carbonyl (C=O) groups excluding carboxylic acids is 1. The first-order valence-electron chi connectivity index (χ1n) is 6.19. The van der Waals surface area contributed by atoms with E-state index < -0.39 is 13.0 Å². The molecule has 1 aromatic carbocycles. The molecule has 3 N–H and O–H groups in total. The molecule has 0 bridgehead atoms. The number of carbonyl (C=O) groups is 1. The van der Waals surface area contributed by atoms with Crippen molar-refractivity contribution in [3.63, 3.8) is 0 Å². The molecule has 7 heteroatoms. The molecular weight excluding hydrogens is 268 g/mol. The second-order valence-corrected chi connectivity index (χ2v) is 4.20. The SMILES string of the molecule is COc1cccc(NC(=O)CN(CCN)CC(F)F)c1. The molecule has 0 aliphatic heterocycles. The molecule has 0 fully saturated rings. The van der Waals surface area contributed by atoms with Gasteiger partial charge in [0.2, 0.25) is 5.91 Å². The van der Waals surface area contributed by atoms with E-state index >= 15 is 0 Å². The van der Waals surface area contributed by atoms with E-state index in [-0.39, 0.29) is 25.5 Å². The molecule has 0 unspecified atom stereocenters. The van der Waals surface area contributed by atoms with Crippen LogP contribution < -0.4 is 15.8 Å². The van der Waals surface area contributed by atoms with Crippen LogP contribution >= 0.6 is 0 Å². The number of rotatable bonds is 8. The maximum absolute atomic E-state index is 12.4. The molecule has 1 aromatic rings. The van der Waals surface area contributed by atoms with Gasteiger partial charge in [-0.15, -0.1) is 0 Å². The molecule has 0 radical (unpaired) electrons. The second kappa shape index (κ2) is 8.44. The van der Waals surface area contributed by atoms with Gasteiger partial charge in [0.1, 0.15) is 5.75 Å². The van der Waals surface area contributed by atoms with Gasteiger partial charge in [0.05, 0.1) is 20.2 Å². The maximum atomic E-state index is 12.4. The average Bonchev–Trinajstić information content (AvgIpc) is 2.38. The Morgan fingerprint density at radius 1 is 1.50 bits per heavy atom. The molecule has 0 aromatic heterocycles. The Morgan fingerprint density at radius 3 is 2.85 bits per heavy atom. The normalized spacial score (nSPS) is 10.9. The van der Waals surface area contributed by atoms with Crippen molar-refractivity contribution in [2.24, 2.45) is 5.73 Å². The first-order chi connectivity index (χ1) is 9.55. The van der Waals surface area contributed by atoms with Crippen molar-refractivity contribution in [1.82, 2.24) is 4.90 Å². The van der Waals surface area contributed by atoms with E-state index in [9.17, 15) is 13.6 Å². The minimum absolute atomic E-state index is 0.126. The molecule has 1 amide bonds. The molecule has 0 saturated heterocycles. The number of nitrogens with one attached hydrogen (secondary N) is 1. The Morgan fingerprint density at radius 2 is 2.25 bits per heavy atom. The summed E-state index contributed by atoms with van der Waals surface area (Å²) in [5.41, 5.74) is 5.89. The van der Waals surface area contributed by atoms with Gasteiger partial charge in [-0.1, -0.05) is 6.07 Å². The number of halogens is 2. The summed E-state index contributed by atoms with van der Waals surface area (Å²) in [5, 5.41) is 2.63. The van der Waals surface area contributed by atoms with E-state index in [0.29, 0.717) is 11.4 Å². The van der Waals surface area contributed by atoms with Crippen LogP contribution in [0.15, 0.2) is 24.3 Å². The van der Waals surface area contributed by atoms with Crippen LogP contribution in [0.1, 0.15) is 0 Å². The Labute approximate surface area is 116 Å². The zero-order chi connectivity index (χ0) is 15.0. The number of alkyl halides is 2. The fraction of sp³-hybridized carbons (Fsp3) is 0.462. The topological polar surface area (TPSA) is 67.6 Å². The minimum atomic E-state index is -2.49. The Kier molecular flexibility index (Phi) is 6.89. The minimum Gasteiger partial charge on any atom is -0.497 e. The van der Waals surface area contributed by atoms with Gasteiger partial charge in [-0.3, -0.25) is 9.69 Å². The number of nitrogens with two attached hydrogens (primary N) is 1. The van der Waals surface area contributed by atoms with Gasteiger partial charge < -0.3 is 15.8 Å². The number of hydrogen-bond acceptors (Lipinski definition) is 4. The first-order valence-corrected chi connectivity index (χ1v) is 6.19. The van der Waals surface area contributed by atoms with Crippen molar-refractivity contribution < 1.29 is 18.3 Å². The van der Waals surface area contributed by atoms with E-state index in [4.69, 9.17) is 10.5 Å². The summed E-state index contributed by atoms with van der Waals surface area (Å²) in [6.07, 6.45) is -2.49. The van der Waals surface area contributed by atoms with E-state index in [1.165, 1.54) is 12.0 Å². The molecular formula is C13H19F2N3O2. The molecule has 0 heterocycles. The van der Waals surface area contributed by atoms with Crippen molar-refractivity contribution in [3.05, 3.63) is 24.3 Å². The second-order valence-electron chi connectivity index (χ2n) is 4.20. The lowest BCUT2D eigenvalue weighted by molar-refractivity contribution is -0.117. The van der Waals surface area contributed by atoms with Gasteiger partial charge >= 0.3 is 0 Å². The van der Waals surface area contributed by atoms with Crippen LogP contribution in [0.4, 0.5) is 14.5 Å². The summed E-state index contributed by atoms with van der Waals surface area (Å²) < 4.78 is 29.7. The molecule has 112 valence electrons. The third-order valence-electron chi connectivity index (χ3n) is 2.56. The van der Waals surface area contributed by atoms with Crippen LogP contribution in [0.3, 0.4) is 0 Å². The van der Waals surface area contributed by atoms with Gasteiger partial charge in [0.25, 0.3) is 6.43 Å². The highest BCUT2D eigenvalue weighted by molar-refractivity contribution is 5.92. The van der Waals surface area contributed by atoms with Crippen LogP contribution in [0.2, 0.25) is 0 Å². The number of methoxy groups -OCH3 is 1. The summed E-state index contributed by atoms with van der Waals surface area (Å²) in [6, 6.07) is 6.82. The van der Waals surface area contributed by atoms with Crippen molar-refractivity contribution in [2.75, 3.05) is 38.6 Å². The van der Waals surface area contributed by atoms with E-state index in [1.807, 2.05) is 0 Å². The Hall–Kier alpha value is -1.73. The number of ether oxygens (including phenoxy) is 1. The van der Waals surface area contributed by atoms with Gasteiger partial charge in [-0.05, 0) is 12.1 Å². The highest BCUT2D eigenvalue weighted by Crippen LogP contribution is 2.16. The van der Waals surface area contributed by atoms with Crippen LogP contribution in [0.5, 0.6) is 5.75 Å². The lowest BCUT2D eigenvalue weighted by atomic mass is 10.3. The number of anilines is 1. The number of nitrogens with zero attached hydrogens (tertiary/aromatic N) is 1. The molecule has 20 heavy (non-hydrogen) atoms. The highest BCUT2D eigenvalue weighted by atomic mass is 19.3. The fourth-order valence-corrected chi connectivity index (χ4v) is 1.72. The zero-order valence-corrected chi connectivity index (χ0v) is 11.3. The summed E-state index contributed by atoms with van der Waals surface area (Å²) >= 11 is 0. The van der Waals surface area contributed by atoms with Gasteiger partial charge in [0, 0.05) is 24.8 Å². The van der Waals surface area contributed by atoms with E-state index in [2.05, 4.69) is 5.32 Å². The number of hydrogen-bond donors (Lipinski definition) is 2. The zero-order valence-electron chi connectivity index (χ0n) is 11.3. The molecule has 0 aliphatic rings. The van der Waals surface area contributed by atoms with Gasteiger partial charge in [0.15, 0.2) is 0 Å². The monoisotopic (exact) mass is 287 g/mol. The van der Waals surface area contributed by atoms with E-state index in [1.54, 1.807) is 24.3 Å². The predicted molar refractivity (Wildman–Crippen MR) is 73.1 cm³/mol. The largest absolute Gasteiger partial charge is 0.497 e. The Bertz CT molecular complexity index is 430. The van der Waals surface area contributed by atoms with Crippen LogP contribution in [0, 0.1) is 0 Å². The van der Waals surface area contributed by atoms with Crippen molar-refractivity contribution in [1.29, 1.82) is 0 Å². The maximum Gasteiger partial charge on any atom is 0.251 e. The van der Waals surface area contributed by atoms with E-state index in [0.717, 1.165) is 0 Å². The summed E-state index contributed by atoms with van der Waals surface area (Å²) in [5.74, 6) is 0.238. The molecule has 0 aliphatic carbocycles. The lowest BCUT2D eigenvalue weighted by Gasteiger charge is -2.20. The average molecular weight is 287 g/mol. The van der Waals surface area contributed by atoms with Gasteiger partial charge in [-0.25, -0.2) is 8.78 Å². The standard InChI is InChI=1S/C13H19F2N3O2/c1-20-11-4-2-3-10(7-11)17-13(19)9-18(6-5-16)8-12(14)15/h2-4,7,12H,5-6,8-9,16H2,1H3,(H,17,19). The number of amides is 1. The number of benzene rings is 1. The van der Waals surface area contributed by atoms with Crippen molar-refractivity contribution in [2.45, 2.75) is 6.43 Å². The van der Waals surface area contributed by atoms with Crippen LogP contribution in [-0.4, -0.2) is 50.5 Å². The Balaban J connectivity index is 2.55. The summed E-state index contributed by atoms with van der Waals surface area (Å²) in [7, 11) is 1.52. The van der Waals surface area contributed by atoms with Gasteiger partial charge in [-0.2, -0.15) is 0 Å². The van der Waals surface area contributed by atoms with Crippen molar-refractivity contribution in [3.8, 4) is 5.75 Å². The predicted octanol–water partition coefficient (Wildman–Crippen LogP) is 1.16. The molecule has 0 atom stereocenters. The molecule has 5 nitrogen and oxygen atoms in total. The van der Waals surface area contributed by atoms with Crippen LogP contribution in [0.25, 0.3) is 0 Å². The molecule has 0 saturated carbocycles. The quantitative estimate of drug-likeness (QED) is 0.753. The smallest absolute Gasteiger partial charge is 0.251 e. The third-order valence-corrected chi connectivity index (χ3v) is 2.56. The molecule has 1 rings (SSSR count). The summed E-state index contributed by atoms with van der Waals surface area (Å²) in [6.45, 7) is -0.128. The third kappa shape index (κ3) is 5.94. The first kappa shape index (κ1) is 16.3. The highest BCUT2D eigenvalue weighted by Gasteiger charge is 2.15. The lowest BCUT2D eigenvalue weighted by Crippen LogP contribution is -2.39. The fourth-order valence-electron chi connectivity index (χ4n) is 1.72. The van der Waals surface area contributed by atoms with Crippen LogP contribution in [-0.2, 0) is 4.79 Å². The summed E-state index contributed by atoms with van der Waals surface area (Å²) in [4.78, 5) is 13.1. The van der Waals surface area contributed by atoms with Crippen molar-refractivity contribution >= 4 is 11.6 Å².